The molecule has 0 amide bonds. The highest BCUT2D eigenvalue weighted by atomic mass is 15.3. The van der Waals surface area contributed by atoms with Crippen LogP contribution in [0.3, 0.4) is 0 Å². The zero-order valence-electron chi connectivity index (χ0n) is 11.0. The fourth-order valence-electron chi connectivity index (χ4n) is 3.29. The van der Waals surface area contributed by atoms with E-state index in [1.165, 1.54) is 45.4 Å². The summed E-state index contributed by atoms with van der Waals surface area (Å²) < 4.78 is 0. The van der Waals surface area contributed by atoms with Crippen molar-refractivity contribution in [1.82, 2.24) is 9.80 Å². The predicted octanol–water partition coefficient (Wildman–Crippen LogP) is 1.26. The molecular formula is C13H26N4. The van der Waals surface area contributed by atoms with Crippen molar-refractivity contribution < 1.29 is 0 Å². The first-order valence-electron chi connectivity index (χ1n) is 7.01. The third kappa shape index (κ3) is 3.19. The maximum atomic E-state index is 7.45. The van der Waals surface area contributed by atoms with E-state index in [0.29, 0.717) is 11.9 Å². The third-order valence-electron chi connectivity index (χ3n) is 4.30. The highest BCUT2D eigenvalue weighted by Crippen LogP contribution is 2.23. The Morgan fingerprint density at radius 2 is 2.06 bits per heavy atom. The van der Waals surface area contributed by atoms with Crippen molar-refractivity contribution in [2.24, 2.45) is 5.73 Å². The quantitative estimate of drug-likeness (QED) is 0.560. The second kappa shape index (κ2) is 5.83. The lowest BCUT2D eigenvalue weighted by Gasteiger charge is -2.28. The smallest absolute Gasteiger partial charge is 0.0921 e. The number of hydrogen-bond acceptors (Lipinski definition) is 3. The SMILES string of the molecule is CCC(CC(=N)N)N1CCC(N2CCCC2)C1. The van der Waals surface area contributed by atoms with Gasteiger partial charge in [-0.15, -0.1) is 0 Å². The normalized spacial score (nSPS) is 28.6. The van der Waals surface area contributed by atoms with Gasteiger partial charge in [0, 0.05) is 31.6 Å². The molecular weight excluding hydrogens is 212 g/mol. The van der Waals surface area contributed by atoms with Crippen molar-refractivity contribution in [2.45, 2.75) is 51.1 Å². The number of hydrogen-bond donors (Lipinski definition) is 2. The maximum Gasteiger partial charge on any atom is 0.0921 e. The van der Waals surface area contributed by atoms with Crippen LogP contribution in [0.2, 0.25) is 0 Å². The first kappa shape index (κ1) is 12.8. The predicted molar refractivity (Wildman–Crippen MR) is 71.4 cm³/mol. The van der Waals surface area contributed by atoms with Crippen LogP contribution >= 0.6 is 0 Å². The van der Waals surface area contributed by atoms with E-state index in [-0.39, 0.29) is 0 Å². The standard InChI is InChI=1S/C13H26N4/c1-2-11(9-13(14)15)17-8-5-12(10-17)16-6-3-4-7-16/h11-12H,2-10H2,1H3,(H3,14,15). The Morgan fingerprint density at radius 3 is 2.65 bits per heavy atom. The Morgan fingerprint density at radius 1 is 1.35 bits per heavy atom. The summed E-state index contributed by atoms with van der Waals surface area (Å²) in [5.74, 6) is 0.335. The van der Waals surface area contributed by atoms with Crippen molar-refractivity contribution >= 4 is 5.84 Å². The minimum atomic E-state index is 0.335. The molecule has 0 saturated carbocycles. The van der Waals surface area contributed by atoms with Gasteiger partial charge in [-0.2, -0.15) is 0 Å². The number of nitrogens with two attached hydrogens (primary N) is 1. The molecule has 0 bridgehead atoms. The van der Waals surface area contributed by atoms with Crippen molar-refractivity contribution in [1.29, 1.82) is 5.41 Å². The van der Waals surface area contributed by atoms with Gasteiger partial charge >= 0.3 is 0 Å². The number of nitrogens with one attached hydrogen (secondary N) is 1. The van der Waals surface area contributed by atoms with E-state index < -0.39 is 0 Å². The van der Waals surface area contributed by atoms with Gasteiger partial charge < -0.3 is 5.73 Å². The van der Waals surface area contributed by atoms with Crippen molar-refractivity contribution in [3.63, 3.8) is 0 Å². The number of nitrogens with zero attached hydrogens (tertiary/aromatic N) is 2. The largest absolute Gasteiger partial charge is 0.388 e. The van der Waals surface area contributed by atoms with Gasteiger partial charge in [0.2, 0.25) is 0 Å². The molecule has 3 N–H and O–H groups in total. The van der Waals surface area contributed by atoms with E-state index in [2.05, 4.69) is 16.7 Å². The molecule has 2 aliphatic heterocycles. The van der Waals surface area contributed by atoms with Gasteiger partial charge in [-0.1, -0.05) is 6.92 Å². The van der Waals surface area contributed by atoms with Crippen LogP contribution in [0.25, 0.3) is 0 Å². The Labute approximate surface area is 105 Å². The van der Waals surface area contributed by atoms with Crippen LogP contribution in [0.5, 0.6) is 0 Å². The summed E-state index contributed by atoms with van der Waals surface area (Å²) in [5.41, 5.74) is 5.54. The molecule has 0 aliphatic carbocycles. The molecule has 2 rings (SSSR count). The molecule has 0 aromatic carbocycles. The lowest BCUT2D eigenvalue weighted by Crippen LogP contribution is -2.40. The highest BCUT2D eigenvalue weighted by molar-refractivity contribution is 5.77. The van der Waals surface area contributed by atoms with E-state index in [1.807, 2.05) is 0 Å². The van der Waals surface area contributed by atoms with E-state index >= 15 is 0 Å². The van der Waals surface area contributed by atoms with Gasteiger partial charge in [0.1, 0.15) is 0 Å². The molecule has 2 saturated heterocycles. The monoisotopic (exact) mass is 238 g/mol. The van der Waals surface area contributed by atoms with Crippen LogP contribution in [0.1, 0.15) is 39.0 Å². The van der Waals surface area contributed by atoms with Crippen molar-refractivity contribution in [3.8, 4) is 0 Å². The molecule has 2 fully saturated rings. The van der Waals surface area contributed by atoms with Crippen LogP contribution in [0.4, 0.5) is 0 Å². The molecule has 0 aromatic rings. The molecule has 4 heteroatoms. The number of likely N-dealkylation sites (tertiary alicyclic amines) is 2. The maximum absolute atomic E-state index is 7.45. The van der Waals surface area contributed by atoms with Gasteiger partial charge in [0.05, 0.1) is 5.84 Å². The first-order valence-corrected chi connectivity index (χ1v) is 7.01. The molecule has 2 heterocycles. The Hall–Kier alpha value is -0.610. The summed E-state index contributed by atoms with van der Waals surface area (Å²) in [6.45, 7) is 7.17. The molecule has 98 valence electrons. The Balaban J connectivity index is 1.84. The average molecular weight is 238 g/mol. The molecule has 0 aromatic heterocycles. The van der Waals surface area contributed by atoms with Crippen LogP contribution in [0, 0.1) is 5.41 Å². The van der Waals surface area contributed by atoms with Gasteiger partial charge in [0.15, 0.2) is 0 Å². The zero-order chi connectivity index (χ0) is 12.3. The number of amidine groups is 1. The Bertz CT molecular complexity index is 260. The third-order valence-corrected chi connectivity index (χ3v) is 4.30. The number of rotatable bonds is 5. The van der Waals surface area contributed by atoms with Crippen LogP contribution in [0.15, 0.2) is 0 Å². The van der Waals surface area contributed by atoms with Gasteiger partial charge in [-0.05, 0) is 38.8 Å². The lowest BCUT2D eigenvalue weighted by molar-refractivity contribution is 0.198. The summed E-state index contributed by atoms with van der Waals surface area (Å²) in [6, 6.07) is 1.25. The second-order valence-corrected chi connectivity index (χ2v) is 5.47. The fourth-order valence-corrected chi connectivity index (χ4v) is 3.29. The van der Waals surface area contributed by atoms with E-state index in [4.69, 9.17) is 11.1 Å². The van der Waals surface area contributed by atoms with E-state index in [9.17, 15) is 0 Å². The average Bonchev–Trinajstić information content (AvgIpc) is 2.95. The van der Waals surface area contributed by atoms with Gasteiger partial charge in [0.25, 0.3) is 0 Å². The van der Waals surface area contributed by atoms with Crippen molar-refractivity contribution in [2.75, 3.05) is 26.2 Å². The molecule has 2 atom stereocenters. The molecule has 4 nitrogen and oxygen atoms in total. The van der Waals surface area contributed by atoms with Gasteiger partial charge in [-0.3, -0.25) is 15.2 Å². The van der Waals surface area contributed by atoms with Crippen LogP contribution < -0.4 is 5.73 Å². The Kier molecular flexibility index (Phi) is 4.40. The summed E-state index contributed by atoms with van der Waals surface area (Å²) in [4.78, 5) is 5.20. The summed E-state index contributed by atoms with van der Waals surface area (Å²) in [5, 5.41) is 7.45. The molecule has 0 radical (unpaired) electrons. The minimum absolute atomic E-state index is 0.335. The molecule has 2 unspecified atom stereocenters. The van der Waals surface area contributed by atoms with Crippen LogP contribution in [-0.4, -0.2) is 53.9 Å². The second-order valence-electron chi connectivity index (χ2n) is 5.47. The van der Waals surface area contributed by atoms with E-state index in [1.54, 1.807) is 0 Å². The minimum Gasteiger partial charge on any atom is -0.388 e. The van der Waals surface area contributed by atoms with E-state index in [0.717, 1.165) is 18.9 Å². The zero-order valence-corrected chi connectivity index (χ0v) is 11.0. The molecule has 0 spiro atoms. The summed E-state index contributed by atoms with van der Waals surface area (Å²) in [7, 11) is 0. The topological polar surface area (TPSA) is 56.4 Å². The first-order chi connectivity index (χ1) is 8.20. The molecule has 2 aliphatic rings. The van der Waals surface area contributed by atoms with Crippen molar-refractivity contribution in [3.05, 3.63) is 0 Å². The highest BCUT2D eigenvalue weighted by Gasteiger charge is 2.32. The summed E-state index contributed by atoms with van der Waals surface area (Å²) in [6.07, 6.45) is 5.90. The van der Waals surface area contributed by atoms with Crippen LogP contribution in [-0.2, 0) is 0 Å². The fraction of sp³-hybridized carbons (Fsp3) is 0.923. The lowest BCUT2D eigenvalue weighted by atomic mass is 10.1. The van der Waals surface area contributed by atoms with Gasteiger partial charge in [-0.25, -0.2) is 0 Å². The molecule has 17 heavy (non-hydrogen) atoms. The summed E-state index contributed by atoms with van der Waals surface area (Å²) >= 11 is 0.